The van der Waals surface area contributed by atoms with Crippen LogP contribution in [0.2, 0.25) is 0 Å². The number of ether oxygens (including phenoxy) is 2. The van der Waals surface area contributed by atoms with Gasteiger partial charge in [0.05, 0.1) is 25.3 Å². The number of pyridine rings is 1. The first-order valence-corrected chi connectivity index (χ1v) is 13.4. The molecule has 7 nitrogen and oxygen atoms in total. The molecule has 1 aliphatic rings. The van der Waals surface area contributed by atoms with Crippen molar-refractivity contribution in [2.75, 3.05) is 45.3 Å². The van der Waals surface area contributed by atoms with Crippen LogP contribution in [0, 0.1) is 0 Å². The van der Waals surface area contributed by atoms with E-state index in [4.69, 9.17) is 14.5 Å². The summed E-state index contributed by atoms with van der Waals surface area (Å²) in [6.07, 6.45) is 2.88. The molecule has 7 heteroatoms. The summed E-state index contributed by atoms with van der Waals surface area (Å²) in [7, 11) is 3.32. The zero-order valence-electron chi connectivity index (χ0n) is 22.8. The number of amides is 1. The van der Waals surface area contributed by atoms with Gasteiger partial charge in [-0.1, -0.05) is 32.0 Å². The summed E-state index contributed by atoms with van der Waals surface area (Å²) in [5.74, 6) is 2.26. The molecule has 0 unspecified atom stereocenters. The van der Waals surface area contributed by atoms with Gasteiger partial charge in [0, 0.05) is 24.5 Å². The minimum Gasteiger partial charge on any atom is -0.493 e. The SMILES string of the molecule is CCN(CC)CCC[C@H](C)NC(=O)c1cc(N2CCc3cc(OC)c(OC)cc3C2)nc2ccccc12. The van der Waals surface area contributed by atoms with E-state index < -0.39 is 0 Å². The van der Waals surface area contributed by atoms with Gasteiger partial charge in [-0.2, -0.15) is 0 Å². The Morgan fingerprint density at radius 2 is 1.78 bits per heavy atom. The van der Waals surface area contributed by atoms with Gasteiger partial charge in [-0.15, -0.1) is 0 Å². The van der Waals surface area contributed by atoms with Crippen molar-refractivity contribution in [1.82, 2.24) is 15.2 Å². The maximum absolute atomic E-state index is 13.5. The molecule has 0 spiro atoms. The Labute approximate surface area is 220 Å². The Kier molecular flexibility index (Phi) is 8.87. The number of para-hydroxylation sites is 1. The molecule has 3 aromatic rings. The van der Waals surface area contributed by atoms with E-state index in [0.717, 1.165) is 73.7 Å². The molecule has 0 aliphatic carbocycles. The van der Waals surface area contributed by atoms with Crippen LogP contribution in [0.4, 0.5) is 5.82 Å². The Morgan fingerprint density at radius 3 is 2.49 bits per heavy atom. The number of methoxy groups -OCH3 is 2. The number of hydrogen-bond donors (Lipinski definition) is 1. The number of fused-ring (bicyclic) bond motifs is 2. The molecular weight excluding hydrogens is 464 g/mol. The maximum atomic E-state index is 13.5. The van der Waals surface area contributed by atoms with Crippen LogP contribution in [-0.2, 0) is 13.0 Å². The van der Waals surface area contributed by atoms with Gasteiger partial charge in [0.2, 0.25) is 0 Å². The largest absolute Gasteiger partial charge is 0.493 e. The lowest BCUT2D eigenvalue weighted by molar-refractivity contribution is 0.0939. The molecule has 0 radical (unpaired) electrons. The van der Waals surface area contributed by atoms with E-state index in [1.54, 1.807) is 14.2 Å². The van der Waals surface area contributed by atoms with Crippen LogP contribution in [0.3, 0.4) is 0 Å². The summed E-state index contributed by atoms with van der Waals surface area (Å²) in [4.78, 5) is 23.1. The van der Waals surface area contributed by atoms with E-state index in [1.165, 1.54) is 11.1 Å². The van der Waals surface area contributed by atoms with Crippen molar-refractivity contribution in [3.8, 4) is 11.5 Å². The number of nitrogens with one attached hydrogen (secondary N) is 1. The predicted octanol–water partition coefficient (Wildman–Crippen LogP) is 5.06. The van der Waals surface area contributed by atoms with Crippen molar-refractivity contribution in [2.45, 2.75) is 52.6 Å². The molecule has 0 saturated carbocycles. The number of aromatic nitrogens is 1. The van der Waals surface area contributed by atoms with Crippen LogP contribution in [0.5, 0.6) is 11.5 Å². The first kappa shape index (κ1) is 26.7. The molecule has 2 heterocycles. The van der Waals surface area contributed by atoms with Crippen LogP contribution >= 0.6 is 0 Å². The van der Waals surface area contributed by atoms with E-state index in [0.29, 0.717) is 12.1 Å². The van der Waals surface area contributed by atoms with E-state index in [-0.39, 0.29) is 11.9 Å². The van der Waals surface area contributed by atoms with Gasteiger partial charge in [0.15, 0.2) is 11.5 Å². The van der Waals surface area contributed by atoms with Gasteiger partial charge >= 0.3 is 0 Å². The number of benzene rings is 2. The van der Waals surface area contributed by atoms with Gasteiger partial charge in [-0.3, -0.25) is 4.79 Å². The average Bonchev–Trinajstić information content (AvgIpc) is 2.93. The molecule has 1 amide bonds. The summed E-state index contributed by atoms with van der Waals surface area (Å²) < 4.78 is 11.0. The summed E-state index contributed by atoms with van der Waals surface area (Å²) in [6.45, 7) is 11.2. The molecule has 0 bridgehead atoms. The van der Waals surface area contributed by atoms with Crippen LogP contribution in [0.1, 0.15) is 55.1 Å². The van der Waals surface area contributed by atoms with Gasteiger partial charge < -0.3 is 24.6 Å². The lowest BCUT2D eigenvalue weighted by atomic mass is 9.98. The fourth-order valence-corrected chi connectivity index (χ4v) is 5.12. The predicted molar refractivity (Wildman–Crippen MR) is 150 cm³/mol. The van der Waals surface area contributed by atoms with Crippen molar-refractivity contribution >= 4 is 22.6 Å². The topological polar surface area (TPSA) is 66.9 Å². The zero-order valence-corrected chi connectivity index (χ0v) is 22.8. The van der Waals surface area contributed by atoms with E-state index in [9.17, 15) is 4.79 Å². The van der Waals surface area contributed by atoms with Gasteiger partial charge in [0.25, 0.3) is 5.91 Å². The highest BCUT2D eigenvalue weighted by molar-refractivity contribution is 6.07. The smallest absolute Gasteiger partial charge is 0.252 e. The second-order valence-electron chi connectivity index (χ2n) is 9.74. The highest BCUT2D eigenvalue weighted by Crippen LogP contribution is 2.35. The summed E-state index contributed by atoms with van der Waals surface area (Å²) in [5.41, 5.74) is 3.95. The molecule has 1 aromatic heterocycles. The number of nitrogens with zero attached hydrogens (tertiary/aromatic N) is 3. The third kappa shape index (κ3) is 6.16. The lowest BCUT2D eigenvalue weighted by Gasteiger charge is -2.31. The molecule has 2 aromatic carbocycles. The summed E-state index contributed by atoms with van der Waals surface area (Å²) >= 11 is 0. The Balaban J connectivity index is 1.55. The fraction of sp³-hybridized carbons (Fsp3) is 0.467. The average molecular weight is 505 g/mol. The van der Waals surface area contributed by atoms with Crippen molar-refractivity contribution < 1.29 is 14.3 Å². The van der Waals surface area contributed by atoms with Crippen LogP contribution in [0.25, 0.3) is 10.9 Å². The molecule has 198 valence electrons. The van der Waals surface area contributed by atoms with E-state index in [1.807, 2.05) is 30.3 Å². The van der Waals surface area contributed by atoms with Crippen LogP contribution in [-0.4, -0.2) is 62.2 Å². The Morgan fingerprint density at radius 1 is 1.08 bits per heavy atom. The minimum absolute atomic E-state index is 0.0426. The first-order chi connectivity index (χ1) is 18.0. The molecule has 4 rings (SSSR count). The normalized spacial score (nSPS) is 13.9. The summed E-state index contributed by atoms with van der Waals surface area (Å²) in [6, 6.07) is 14.1. The van der Waals surface area contributed by atoms with E-state index >= 15 is 0 Å². The standard InChI is InChI=1S/C30H40N4O3/c1-6-33(7-2)15-10-11-21(3)31-30(35)25-19-29(32-26-13-9-8-12-24(25)26)34-16-14-22-17-27(36-4)28(37-5)18-23(22)20-34/h8-9,12-13,17-19,21H,6-7,10-11,14-16,20H2,1-5H3,(H,31,35)/t21-/m0/s1. The molecule has 1 atom stereocenters. The third-order valence-electron chi connectivity index (χ3n) is 7.37. The van der Waals surface area contributed by atoms with Crippen LogP contribution in [0.15, 0.2) is 42.5 Å². The Bertz CT molecular complexity index is 1220. The van der Waals surface area contributed by atoms with Gasteiger partial charge in [0.1, 0.15) is 5.82 Å². The molecule has 37 heavy (non-hydrogen) atoms. The fourth-order valence-electron chi connectivity index (χ4n) is 5.12. The molecule has 1 N–H and O–H groups in total. The Hall–Kier alpha value is -3.32. The van der Waals surface area contributed by atoms with Crippen LogP contribution < -0.4 is 19.7 Å². The molecule has 0 saturated heterocycles. The molecular formula is C30H40N4O3. The van der Waals surface area contributed by atoms with Crippen molar-refractivity contribution in [3.63, 3.8) is 0 Å². The number of anilines is 1. The maximum Gasteiger partial charge on any atom is 0.252 e. The molecule has 0 fully saturated rings. The quantitative estimate of drug-likeness (QED) is 0.394. The van der Waals surface area contributed by atoms with Crippen molar-refractivity contribution in [1.29, 1.82) is 0 Å². The zero-order chi connectivity index (χ0) is 26.4. The van der Waals surface area contributed by atoms with E-state index in [2.05, 4.69) is 48.0 Å². The third-order valence-corrected chi connectivity index (χ3v) is 7.37. The first-order valence-electron chi connectivity index (χ1n) is 13.4. The number of rotatable bonds is 11. The van der Waals surface area contributed by atoms with Crippen molar-refractivity contribution in [3.05, 3.63) is 59.2 Å². The minimum atomic E-state index is -0.0426. The van der Waals surface area contributed by atoms with Gasteiger partial charge in [-0.05, 0) is 81.2 Å². The monoisotopic (exact) mass is 504 g/mol. The lowest BCUT2D eigenvalue weighted by Crippen LogP contribution is -2.34. The molecule has 1 aliphatic heterocycles. The number of hydrogen-bond acceptors (Lipinski definition) is 6. The number of carbonyl (C=O) groups is 1. The number of carbonyl (C=O) groups excluding carboxylic acids is 1. The highest BCUT2D eigenvalue weighted by atomic mass is 16.5. The van der Waals surface area contributed by atoms with Crippen molar-refractivity contribution in [2.24, 2.45) is 0 Å². The highest BCUT2D eigenvalue weighted by Gasteiger charge is 2.23. The second kappa shape index (κ2) is 12.3. The summed E-state index contributed by atoms with van der Waals surface area (Å²) in [5, 5.41) is 4.12. The van der Waals surface area contributed by atoms with Gasteiger partial charge in [-0.25, -0.2) is 4.98 Å². The second-order valence-corrected chi connectivity index (χ2v) is 9.74.